The van der Waals surface area contributed by atoms with Crippen molar-refractivity contribution < 1.29 is 41.9 Å². The Balaban J connectivity index is 2.53. The second-order valence-corrected chi connectivity index (χ2v) is 10.9. The van der Waals surface area contributed by atoms with Crippen molar-refractivity contribution in [3.63, 3.8) is 0 Å². The lowest BCUT2D eigenvalue weighted by atomic mass is 9.90. The van der Waals surface area contributed by atoms with Crippen LogP contribution in [0.3, 0.4) is 0 Å². The Kier molecular flexibility index (Phi) is 7.75. The molecule has 1 aromatic rings. The molecule has 0 bridgehead atoms. The number of carbonyl (C=O) groups is 3. The maximum Gasteiger partial charge on any atom is 0.534 e. The van der Waals surface area contributed by atoms with Crippen molar-refractivity contribution in [2.24, 2.45) is 5.10 Å². The van der Waals surface area contributed by atoms with E-state index < -0.39 is 40.4 Å². The van der Waals surface area contributed by atoms with Crippen LogP contribution in [-0.4, -0.2) is 63.2 Å². The Hall–Kier alpha value is -2.96. The Morgan fingerprint density at radius 2 is 1.51 bits per heavy atom. The summed E-state index contributed by atoms with van der Waals surface area (Å²) >= 11 is -0.303. The van der Waals surface area contributed by atoms with Gasteiger partial charge in [0.1, 0.15) is 16.9 Å². The maximum absolute atomic E-state index is 13.2. The number of thioether (sulfide) groups is 1. The van der Waals surface area contributed by atoms with Crippen molar-refractivity contribution in [2.75, 3.05) is 7.05 Å². The van der Waals surface area contributed by atoms with Crippen LogP contribution in [-0.2, 0) is 19.1 Å². The Labute approximate surface area is 205 Å². The van der Waals surface area contributed by atoms with Gasteiger partial charge in [-0.1, -0.05) is 12.1 Å². The first-order valence-corrected chi connectivity index (χ1v) is 11.2. The van der Waals surface area contributed by atoms with Gasteiger partial charge in [-0.2, -0.15) is 18.3 Å². The van der Waals surface area contributed by atoms with E-state index in [1.165, 1.54) is 38.2 Å². The smallest absolute Gasteiger partial charge is 0.442 e. The van der Waals surface area contributed by atoms with E-state index in [0.717, 1.165) is 5.01 Å². The molecule has 0 spiro atoms. The highest BCUT2D eigenvalue weighted by atomic mass is 32.2. The molecule has 13 heteroatoms. The van der Waals surface area contributed by atoms with Gasteiger partial charge < -0.3 is 9.47 Å². The molecule has 9 nitrogen and oxygen atoms in total. The number of ether oxygens (including phenoxy) is 2. The van der Waals surface area contributed by atoms with Crippen LogP contribution in [0.5, 0.6) is 0 Å². The number of amides is 2. The molecular formula is C22H28F3N3O6S. The lowest BCUT2D eigenvalue weighted by Gasteiger charge is -2.36. The van der Waals surface area contributed by atoms with Crippen LogP contribution in [0, 0.1) is 0 Å². The van der Waals surface area contributed by atoms with Crippen molar-refractivity contribution >= 4 is 35.6 Å². The van der Waals surface area contributed by atoms with Crippen LogP contribution in [0.4, 0.5) is 22.8 Å². The zero-order valence-corrected chi connectivity index (χ0v) is 21.5. The lowest BCUT2D eigenvalue weighted by molar-refractivity contribution is -0.176. The van der Waals surface area contributed by atoms with Crippen molar-refractivity contribution in [1.82, 2.24) is 10.1 Å². The molecule has 0 radical (unpaired) electrons. The van der Waals surface area contributed by atoms with E-state index in [4.69, 9.17) is 14.3 Å². The summed E-state index contributed by atoms with van der Waals surface area (Å²) in [5.74, 6) is -0.754. The predicted octanol–water partition coefficient (Wildman–Crippen LogP) is 5.34. The molecule has 1 aromatic carbocycles. The summed E-state index contributed by atoms with van der Waals surface area (Å²) in [5, 5.41) is 5.54. The van der Waals surface area contributed by atoms with Crippen molar-refractivity contribution in [2.45, 2.75) is 75.6 Å². The van der Waals surface area contributed by atoms with Gasteiger partial charge in [-0.25, -0.2) is 14.6 Å². The standard InChI is InChI=1S/C22H28F3N3O6S/c1-19(2,3)32-17(30)28(34-18(31)33-20(4,5)6)21(7)15(26-27(8)16(21)29)13-9-11-14(12-10-13)35-22(23,24)25/h9-12H,1-8H3. The van der Waals surface area contributed by atoms with Crippen LogP contribution in [0.15, 0.2) is 34.3 Å². The number of nitrogens with zero attached hydrogens (tertiary/aromatic N) is 3. The molecule has 2 amide bonds. The van der Waals surface area contributed by atoms with Gasteiger partial charge in [-0.15, -0.1) is 5.06 Å². The summed E-state index contributed by atoms with van der Waals surface area (Å²) in [7, 11) is 1.32. The van der Waals surface area contributed by atoms with Gasteiger partial charge in [0.25, 0.3) is 5.91 Å². The average molecular weight is 520 g/mol. The van der Waals surface area contributed by atoms with E-state index in [9.17, 15) is 27.6 Å². The van der Waals surface area contributed by atoms with E-state index in [0.29, 0.717) is 5.06 Å². The first-order chi connectivity index (χ1) is 15.7. The van der Waals surface area contributed by atoms with Gasteiger partial charge in [0.2, 0.25) is 5.54 Å². The average Bonchev–Trinajstić information content (AvgIpc) is 2.87. The molecule has 35 heavy (non-hydrogen) atoms. The molecule has 0 N–H and O–H groups in total. The summed E-state index contributed by atoms with van der Waals surface area (Å²) in [6.07, 6.45) is -2.45. The van der Waals surface area contributed by atoms with Gasteiger partial charge in [0.15, 0.2) is 0 Å². The van der Waals surface area contributed by atoms with E-state index in [1.807, 2.05) is 0 Å². The second-order valence-electron chi connectivity index (χ2n) is 9.75. The fraction of sp³-hybridized carbons (Fsp3) is 0.545. The third kappa shape index (κ3) is 7.26. The van der Waals surface area contributed by atoms with Crippen molar-refractivity contribution in [3.05, 3.63) is 29.8 Å². The molecule has 0 saturated heterocycles. The monoisotopic (exact) mass is 519 g/mol. The SMILES string of the molecule is CN1N=C(c2ccc(SC(F)(F)F)cc2)C(C)(N(OC(=O)OC(C)(C)C)C(=O)OC(C)(C)C)C1=O. The summed E-state index contributed by atoms with van der Waals surface area (Å²) in [4.78, 5) is 43.9. The van der Waals surface area contributed by atoms with Crippen LogP contribution in [0.1, 0.15) is 54.0 Å². The number of benzene rings is 1. The minimum absolute atomic E-state index is 0.0528. The number of halogens is 3. The number of hydrogen-bond donors (Lipinski definition) is 0. The van der Waals surface area contributed by atoms with Gasteiger partial charge >= 0.3 is 17.8 Å². The zero-order chi connectivity index (χ0) is 27.0. The topological polar surface area (TPSA) is 97.7 Å². The zero-order valence-electron chi connectivity index (χ0n) is 20.6. The number of alkyl halides is 3. The third-order valence-electron chi connectivity index (χ3n) is 4.30. The highest BCUT2D eigenvalue weighted by Crippen LogP contribution is 2.38. The highest BCUT2D eigenvalue weighted by molar-refractivity contribution is 8.00. The summed E-state index contributed by atoms with van der Waals surface area (Å²) in [5.41, 5.74) is -8.33. The van der Waals surface area contributed by atoms with Crippen molar-refractivity contribution in [1.29, 1.82) is 0 Å². The van der Waals surface area contributed by atoms with E-state index in [-0.39, 0.29) is 27.9 Å². The summed E-state index contributed by atoms with van der Waals surface area (Å²) in [6.45, 7) is 10.7. The second kappa shape index (κ2) is 9.59. The fourth-order valence-corrected chi connectivity index (χ4v) is 3.54. The molecule has 0 fully saturated rings. The Morgan fingerprint density at radius 1 is 1.00 bits per heavy atom. The van der Waals surface area contributed by atoms with E-state index in [2.05, 4.69) is 5.10 Å². The summed E-state index contributed by atoms with van der Waals surface area (Å²) < 4.78 is 48.6. The molecule has 0 saturated carbocycles. The Bertz CT molecular complexity index is 1020. The molecule has 1 atom stereocenters. The summed E-state index contributed by atoms with van der Waals surface area (Å²) in [6, 6.07) is 5.04. The number of likely N-dealkylation sites (N-methyl/N-ethyl adjacent to an activating group) is 1. The van der Waals surface area contributed by atoms with Gasteiger partial charge in [-0.3, -0.25) is 9.63 Å². The van der Waals surface area contributed by atoms with E-state index >= 15 is 0 Å². The fourth-order valence-electron chi connectivity index (χ4n) is 3.00. The molecule has 2 rings (SSSR count). The lowest BCUT2D eigenvalue weighted by Crippen LogP contribution is -2.61. The number of rotatable bonds is 3. The van der Waals surface area contributed by atoms with Crippen LogP contribution < -0.4 is 0 Å². The first kappa shape index (κ1) is 28.3. The normalized spacial score (nSPS) is 18.8. The van der Waals surface area contributed by atoms with Gasteiger partial charge in [0, 0.05) is 17.5 Å². The van der Waals surface area contributed by atoms with Crippen molar-refractivity contribution in [3.8, 4) is 0 Å². The first-order valence-electron chi connectivity index (χ1n) is 10.4. The highest BCUT2D eigenvalue weighted by Gasteiger charge is 2.57. The number of hydroxylamine groups is 2. The number of hydrazone groups is 1. The minimum Gasteiger partial charge on any atom is -0.442 e. The maximum atomic E-state index is 13.2. The quantitative estimate of drug-likeness (QED) is 0.302. The largest absolute Gasteiger partial charge is 0.534 e. The minimum atomic E-state index is -4.48. The number of hydrogen-bond acceptors (Lipinski definition) is 8. The number of carbonyl (C=O) groups excluding carboxylic acids is 3. The Morgan fingerprint density at radius 3 is 1.97 bits per heavy atom. The third-order valence-corrected chi connectivity index (χ3v) is 5.04. The predicted molar refractivity (Wildman–Crippen MR) is 121 cm³/mol. The van der Waals surface area contributed by atoms with Crippen LogP contribution in [0.2, 0.25) is 0 Å². The molecular weight excluding hydrogens is 491 g/mol. The van der Waals surface area contributed by atoms with E-state index in [1.54, 1.807) is 41.5 Å². The molecule has 1 unspecified atom stereocenters. The molecule has 1 aliphatic rings. The molecule has 1 heterocycles. The molecule has 0 aliphatic carbocycles. The molecule has 0 aromatic heterocycles. The molecule has 1 aliphatic heterocycles. The van der Waals surface area contributed by atoms with Crippen LogP contribution >= 0.6 is 11.8 Å². The molecule has 194 valence electrons. The van der Waals surface area contributed by atoms with Crippen LogP contribution in [0.25, 0.3) is 0 Å². The van der Waals surface area contributed by atoms with Gasteiger partial charge in [0.05, 0.1) is 0 Å². The van der Waals surface area contributed by atoms with Gasteiger partial charge in [-0.05, 0) is 72.4 Å².